The van der Waals surface area contributed by atoms with Crippen LogP contribution in [0, 0.1) is 0 Å². The zero-order valence-electron chi connectivity index (χ0n) is 6.37. The zero-order chi connectivity index (χ0) is 9.14. The van der Waals surface area contributed by atoms with Gasteiger partial charge in [-0.2, -0.15) is 0 Å². The minimum absolute atomic E-state index is 0.0916. The van der Waals surface area contributed by atoms with E-state index in [1.54, 1.807) is 6.07 Å². The van der Waals surface area contributed by atoms with Crippen LogP contribution in [0.15, 0.2) is 18.2 Å². The molecule has 1 atom stereocenters. The SMILES string of the molecule is N[C@H](CO)c1ccc(O)cc1Cl. The second-order valence-electron chi connectivity index (χ2n) is 2.49. The maximum atomic E-state index is 9.00. The number of phenols is 1. The Hall–Kier alpha value is -0.770. The normalized spacial score (nSPS) is 12.9. The molecule has 0 unspecified atom stereocenters. The van der Waals surface area contributed by atoms with Crippen molar-refractivity contribution < 1.29 is 10.2 Å². The van der Waals surface area contributed by atoms with Crippen molar-refractivity contribution >= 4 is 11.6 Å². The monoisotopic (exact) mass is 187 g/mol. The van der Waals surface area contributed by atoms with E-state index < -0.39 is 6.04 Å². The smallest absolute Gasteiger partial charge is 0.117 e. The molecule has 0 spiro atoms. The van der Waals surface area contributed by atoms with Gasteiger partial charge >= 0.3 is 0 Å². The Morgan fingerprint density at radius 3 is 2.67 bits per heavy atom. The molecule has 0 fully saturated rings. The van der Waals surface area contributed by atoms with E-state index in [1.165, 1.54) is 12.1 Å². The Morgan fingerprint density at radius 1 is 1.50 bits per heavy atom. The van der Waals surface area contributed by atoms with Gasteiger partial charge in [0.1, 0.15) is 5.75 Å². The molecule has 3 nitrogen and oxygen atoms in total. The van der Waals surface area contributed by atoms with E-state index in [9.17, 15) is 0 Å². The van der Waals surface area contributed by atoms with E-state index in [0.717, 1.165) is 0 Å². The van der Waals surface area contributed by atoms with E-state index >= 15 is 0 Å². The lowest BCUT2D eigenvalue weighted by Gasteiger charge is -2.10. The summed E-state index contributed by atoms with van der Waals surface area (Å²) in [6.07, 6.45) is 0. The van der Waals surface area contributed by atoms with Gasteiger partial charge in [-0.05, 0) is 17.7 Å². The van der Waals surface area contributed by atoms with Crippen LogP contribution in [-0.4, -0.2) is 16.8 Å². The predicted octanol–water partition coefficient (Wildman–Crippen LogP) is 1.04. The van der Waals surface area contributed by atoms with Crippen molar-refractivity contribution in [3.63, 3.8) is 0 Å². The largest absolute Gasteiger partial charge is 0.508 e. The van der Waals surface area contributed by atoms with Crippen LogP contribution in [0.3, 0.4) is 0 Å². The van der Waals surface area contributed by atoms with E-state index in [1.807, 2.05) is 0 Å². The number of nitrogens with two attached hydrogens (primary N) is 1. The van der Waals surface area contributed by atoms with Gasteiger partial charge < -0.3 is 15.9 Å². The van der Waals surface area contributed by atoms with Crippen molar-refractivity contribution in [2.24, 2.45) is 5.73 Å². The van der Waals surface area contributed by atoms with Crippen LogP contribution in [0.2, 0.25) is 5.02 Å². The molecule has 1 aromatic carbocycles. The van der Waals surface area contributed by atoms with Gasteiger partial charge in [-0.1, -0.05) is 17.7 Å². The molecule has 66 valence electrons. The first-order chi connectivity index (χ1) is 5.65. The van der Waals surface area contributed by atoms with Crippen molar-refractivity contribution in [3.8, 4) is 5.75 Å². The lowest BCUT2D eigenvalue weighted by molar-refractivity contribution is 0.268. The van der Waals surface area contributed by atoms with Gasteiger partial charge in [-0.3, -0.25) is 0 Å². The third-order valence-corrected chi connectivity index (χ3v) is 1.91. The zero-order valence-corrected chi connectivity index (χ0v) is 7.12. The molecule has 0 bridgehead atoms. The summed E-state index contributed by atoms with van der Waals surface area (Å²) in [6.45, 7) is -0.162. The Balaban J connectivity index is 3.01. The molecule has 1 rings (SSSR count). The number of aromatic hydroxyl groups is 1. The number of rotatable bonds is 2. The standard InChI is InChI=1S/C8H10ClNO2/c9-7-3-5(12)1-2-6(7)8(10)4-11/h1-3,8,11-12H,4,10H2/t8-/m1/s1. The van der Waals surface area contributed by atoms with Crippen LogP contribution < -0.4 is 5.73 Å². The van der Waals surface area contributed by atoms with Crippen LogP contribution in [0.1, 0.15) is 11.6 Å². The average molecular weight is 188 g/mol. The van der Waals surface area contributed by atoms with E-state index in [-0.39, 0.29) is 12.4 Å². The first-order valence-electron chi connectivity index (χ1n) is 3.50. The number of halogens is 1. The number of hydrogen-bond donors (Lipinski definition) is 3. The van der Waals surface area contributed by atoms with E-state index in [2.05, 4.69) is 0 Å². The van der Waals surface area contributed by atoms with Gasteiger partial charge in [0, 0.05) is 5.02 Å². The Labute approximate surface area is 75.4 Å². The minimum Gasteiger partial charge on any atom is -0.508 e. The molecule has 0 aromatic heterocycles. The molecule has 0 radical (unpaired) electrons. The summed E-state index contributed by atoms with van der Waals surface area (Å²) in [7, 11) is 0. The lowest BCUT2D eigenvalue weighted by Crippen LogP contribution is -2.14. The number of hydrogen-bond acceptors (Lipinski definition) is 3. The molecule has 4 N–H and O–H groups in total. The van der Waals surface area contributed by atoms with Gasteiger partial charge in [0.15, 0.2) is 0 Å². The maximum absolute atomic E-state index is 9.00. The molecule has 1 aromatic rings. The fraction of sp³-hybridized carbons (Fsp3) is 0.250. The van der Waals surface area contributed by atoms with Crippen LogP contribution in [-0.2, 0) is 0 Å². The van der Waals surface area contributed by atoms with Gasteiger partial charge in [0.05, 0.1) is 12.6 Å². The van der Waals surface area contributed by atoms with Crippen molar-refractivity contribution in [1.29, 1.82) is 0 Å². The quantitative estimate of drug-likeness (QED) is 0.648. The number of aliphatic hydroxyl groups excluding tert-OH is 1. The predicted molar refractivity (Wildman–Crippen MR) is 47.1 cm³/mol. The highest BCUT2D eigenvalue weighted by Gasteiger charge is 2.08. The number of aliphatic hydroxyl groups is 1. The second kappa shape index (κ2) is 3.76. The van der Waals surface area contributed by atoms with E-state index in [4.69, 9.17) is 27.5 Å². The van der Waals surface area contributed by atoms with E-state index in [0.29, 0.717) is 10.6 Å². The first-order valence-corrected chi connectivity index (χ1v) is 3.88. The summed E-state index contributed by atoms with van der Waals surface area (Å²) in [5.74, 6) is 0.0916. The molecule has 4 heteroatoms. The van der Waals surface area contributed by atoms with Crippen LogP contribution in [0.4, 0.5) is 0 Å². The summed E-state index contributed by atoms with van der Waals surface area (Å²) in [5, 5.41) is 18.1. The molecular weight excluding hydrogens is 178 g/mol. The highest BCUT2D eigenvalue weighted by atomic mass is 35.5. The van der Waals surface area contributed by atoms with Crippen molar-refractivity contribution in [2.45, 2.75) is 6.04 Å². The molecule has 12 heavy (non-hydrogen) atoms. The molecular formula is C8H10ClNO2. The van der Waals surface area contributed by atoms with Crippen molar-refractivity contribution in [2.75, 3.05) is 6.61 Å². The fourth-order valence-corrected chi connectivity index (χ4v) is 1.23. The second-order valence-corrected chi connectivity index (χ2v) is 2.90. The summed E-state index contributed by atoms with van der Waals surface area (Å²) in [6, 6.07) is 3.99. The Bertz CT molecular complexity index is 278. The first kappa shape index (κ1) is 9.32. The minimum atomic E-state index is -0.488. The molecule has 0 saturated carbocycles. The molecule has 0 heterocycles. The number of benzene rings is 1. The molecule has 0 amide bonds. The maximum Gasteiger partial charge on any atom is 0.117 e. The topological polar surface area (TPSA) is 66.5 Å². The Kier molecular flexibility index (Phi) is 2.92. The highest BCUT2D eigenvalue weighted by molar-refractivity contribution is 6.31. The van der Waals surface area contributed by atoms with Crippen molar-refractivity contribution in [1.82, 2.24) is 0 Å². The van der Waals surface area contributed by atoms with Gasteiger partial charge in [0.25, 0.3) is 0 Å². The summed E-state index contributed by atoms with van der Waals surface area (Å²) >= 11 is 5.75. The van der Waals surface area contributed by atoms with Crippen LogP contribution in [0.5, 0.6) is 5.75 Å². The molecule has 0 aliphatic carbocycles. The summed E-state index contributed by atoms with van der Waals surface area (Å²) in [4.78, 5) is 0. The molecule has 0 aliphatic heterocycles. The summed E-state index contributed by atoms with van der Waals surface area (Å²) < 4.78 is 0. The van der Waals surface area contributed by atoms with Gasteiger partial charge in [0.2, 0.25) is 0 Å². The summed E-state index contributed by atoms with van der Waals surface area (Å²) in [5.41, 5.74) is 6.17. The fourth-order valence-electron chi connectivity index (χ4n) is 0.915. The Morgan fingerprint density at radius 2 is 2.17 bits per heavy atom. The third-order valence-electron chi connectivity index (χ3n) is 1.58. The van der Waals surface area contributed by atoms with Gasteiger partial charge in [-0.25, -0.2) is 0 Å². The molecule has 0 saturated heterocycles. The van der Waals surface area contributed by atoms with Crippen molar-refractivity contribution in [3.05, 3.63) is 28.8 Å². The van der Waals surface area contributed by atoms with Crippen LogP contribution in [0.25, 0.3) is 0 Å². The van der Waals surface area contributed by atoms with Gasteiger partial charge in [-0.15, -0.1) is 0 Å². The third kappa shape index (κ3) is 1.88. The highest BCUT2D eigenvalue weighted by Crippen LogP contribution is 2.25. The lowest BCUT2D eigenvalue weighted by atomic mass is 10.1. The van der Waals surface area contributed by atoms with Crippen LogP contribution >= 0.6 is 11.6 Å². The molecule has 0 aliphatic rings. The number of phenolic OH excluding ortho intramolecular Hbond substituents is 1. The average Bonchev–Trinajstić information content (AvgIpc) is 2.03.